The van der Waals surface area contributed by atoms with Crippen molar-refractivity contribution in [1.29, 1.82) is 0 Å². The number of carbonyl (C=O) groups excluding carboxylic acids is 1. The molecule has 1 rings (SSSR count). The van der Waals surface area contributed by atoms with Crippen molar-refractivity contribution in [2.45, 2.75) is 0 Å². The Kier molecular flexibility index (Phi) is 3.81. The lowest BCUT2D eigenvalue weighted by Gasteiger charge is -2.16. The van der Waals surface area contributed by atoms with Gasteiger partial charge in [0.25, 0.3) is 0 Å². The van der Waals surface area contributed by atoms with Gasteiger partial charge < -0.3 is 9.32 Å². The molecule has 8 nitrogen and oxygen atoms in total. The Morgan fingerprint density at radius 3 is 2.59 bits per heavy atom. The summed E-state index contributed by atoms with van der Waals surface area (Å²) in [5, 5.41) is 15.2. The number of urea groups is 1. The molecule has 0 unspecified atom stereocenters. The quantitative estimate of drug-likeness (QED) is 0.449. The van der Waals surface area contributed by atoms with Crippen LogP contribution in [-0.2, 0) is 0 Å². The molecule has 0 saturated heterocycles. The highest BCUT2D eigenvalue weighted by Gasteiger charge is 2.11. The van der Waals surface area contributed by atoms with E-state index in [1.807, 2.05) is 0 Å². The first-order valence-electron chi connectivity index (χ1n) is 4.65. The normalized spacial score (nSPS) is 10.5. The summed E-state index contributed by atoms with van der Waals surface area (Å²) in [5.41, 5.74) is 0. The smallest absolute Gasteiger partial charge is 0.400 e. The molecule has 0 atom stereocenters. The van der Waals surface area contributed by atoms with Gasteiger partial charge in [0.05, 0.1) is 12.3 Å². The molecule has 0 radical (unpaired) electrons. The third-order valence-corrected chi connectivity index (χ3v) is 1.81. The van der Waals surface area contributed by atoms with Gasteiger partial charge in [-0.1, -0.05) is 0 Å². The SMILES string of the molecule is CN(C)C(=O)N(C)N=Cc1ccc([N+](=O)[O-])o1. The molecule has 17 heavy (non-hydrogen) atoms. The van der Waals surface area contributed by atoms with Gasteiger partial charge in [0.15, 0.2) is 5.76 Å². The predicted molar refractivity (Wildman–Crippen MR) is 59.8 cm³/mol. The fourth-order valence-corrected chi connectivity index (χ4v) is 0.992. The van der Waals surface area contributed by atoms with Crippen LogP contribution in [0.5, 0.6) is 0 Å². The highest BCUT2D eigenvalue weighted by molar-refractivity contribution is 5.79. The molecule has 1 aromatic rings. The summed E-state index contributed by atoms with van der Waals surface area (Å²) in [6.07, 6.45) is 1.23. The Morgan fingerprint density at radius 1 is 1.47 bits per heavy atom. The summed E-state index contributed by atoms with van der Waals surface area (Å²) >= 11 is 0. The van der Waals surface area contributed by atoms with Crippen LogP contribution < -0.4 is 0 Å². The van der Waals surface area contributed by atoms with E-state index < -0.39 is 4.92 Å². The number of amides is 2. The van der Waals surface area contributed by atoms with Gasteiger partial charge >= 0.3 is 11.9 Å². The summed E-state index contributed by atoms with van der Waals surface area (Å²) in [6.45, 7) is 0. The highest BCUT2D eigenvalue weighted by Crippen LogP contribution is 2.13. The molecular weight excluding hydrogens is 228 g/mol. The molecule has 0 fully saturated rings. The monoisotopic (exact) mass is 240 g/mol. The molecule has 92 valence electrons. The van der Waals surface area contributed by atoms with Gasteiger partial charge in [0, 0.05) is 21.1 Å². The van der Waals surface area contributed by atoms with Crippen LogP contribution in [0.2, 0.25) is 0 Å². The fraction of sp³-hybridized carbons (Fsp3) is 0.333. The number of nitro groups is 1. The molecule has 0 aliphatic carbocycles. The summed E-state index contributed by atoms with van der Waals surface area (Å²) in [7, 11) is 4.65. The molecule has 0 saturated carbocycles. The number of rotatable bonds is 3. The van der Waals surface area contributed by atoms with E-state index >= 15 is 0 Å². The van der Waals surface area contributed by atoms with Crippen molar-refractivity contribution < 1.29 is 14.1 Å². The lowest BCUT2D eigenvalue weighted by Crippen LogP contribution is -2.32. The van der Waals surface area contributed by atoms with Crippen molar-refractivity contribution >= 4 is 18.1 Å². The van der Waals surface area contributed by atoms with Gasteiger partial charge in [-0.2, -0.15) is 5.10 Å². The maximum Gasteiger partial charge on any atom is 0.433 e. The fourth-order valence-electron chi connectivity index (χ4n) is 0.992. The number of hydrazone groups is 1. The molecule has 1 heterocycles. The number of hydrogen-bond donors (Lipinski definition) is 0. The van der Waals surface area contributed by atoms with Crippen LogP contribution in [0.15, 0.2) is 21.7 Å². The first-order chi connectivity index (χ1) is 7.91. The van der Waals surface area contributed by atoms with E-state index in [9.17, 15) is 14.9 Å². The Labute approximate surface area is 97.3 Å². The van der Waals surface area contributed by atoms with E-state index in [0.717, 1.165) is 5.01 Å². The minimum atomic E-state index is -0.647. The van der Waals surface area contributed by atoms with Crippen LogP contribution in [0.3, 0.4) is 0 Å². The van der Waals surface area contributed by atoms with Gasteiger partial charge in [-0.15, -0.1) is 0 Å². The zero-order valence-electron chi connectivity index (χ0n) is 9.65. The van der Waals surface area contributed by atoms with E-state index in [-0.39, 0.29) is 17.7 Å². The third-order valence-electron chi connectivity index (χ3n) is 1.81. The molecule has 0 bridgehead atoms. The van der Waals surface area contributed by atoms with Gasteiger partial charge in [-0.05, 0) is 6.07 Å². The Morgan fingerprint density at radius 2 is 2.12 bits per heavy atom. The van der Waals surface area contributed by atoms with Crippen LogP contribution in [0.1, 0.15) is 5.76 Å². The zero-order valence-corrected chi connectivity index (χ0v) is 9.65. The minimum absolute atomic E-state index is 0.204. The Balaban J connectivity index is 2.70. The van der Waals surface area contributed by atoms with E-state index in [4.69, 9.17) is 4.42 Å². The van der Waals surface area contributed by atoms with Crippen molar-refractivity contribution in [2.24, 2.45) is 5.10 Å². The lowest BCUT2D eigenvalue weighted by atomic mass is 10.5. The molecule has 8 heteroatoms. The number of hydrogen-bond acceptors (Lipinski definition) is 5. The zero-order chi connectivity index (χ0) is 13.0. The Bertz CT molecular complexity index is 452. The van der Waals surface area contributed by atoms with Crippen molar-refractivity contribution in [3.8, 4) is 0 Å². The van der Waals surface area contributed by atoms with Crippen molar-refractivity contribution in [3.63, 3.8) is 0 Å². The van der Waals surface area contributed by atoms with Crippen LogP contribution in [0.4, 0.5) is 10.7 Å². The number of furan rings is 1. The lowest BCUT2D eigenvalue weighted by molar-refractivity contribution is -0.402. The van der Waals surface area contributed by atoms with Crippen molar-refractivity contribution in [2.75, 3.05) is 21.1 Å². The molecule has 0 aliphatic rings. The van der Waals surface area contributed by atoms with Crippen LogP contribution in [0, 0.1) is 10.1 Å². The standard InChI is InChI=1S/C9H12N4O4/c1-11(2)9(14)12(3)10-6-7-4-5-8(17-7)13(15)16/h4-6H,1-3H3. The van der Waals surface area contributed by atoms with Crippen molar-refractivity contribution in [3.05, 3.63) is 28.0 Å². The van der Waals surface area contributed by atoms with Gasteiger partial charge in [-0.25, -0.2) is 9.80 Å². The first-order valence-corrected chi connectivity index (χ1v) is 4.65. The van der Waals surface area contributed by atoms with Crippen LogP contribution in [-0.4, -0.2) is 48.2 Å². The summed E-state index contributed by atoms with van der Waals surface area (Å²) in [6, 6.07) is 2.30. The number of carbonyl (C=O) groups is 1. The van der Waals surface area contributed by atoms with Crippen molar-refractivity contribution in [1.82, 2.24) is 9.91 Å². The molecule has 0 aromatic carbocycles. The largest absolute Gasteiger partial charge is 0.433 e. The average molecular weight is 240 g/mol. The Hall–Kier alpha value is -2.38. The first kappa shape index (κ1) is 12.7. The summed E-state index contributed by atoms with van der Waals surface area (Å²) in [5.74, 6) is -0.164. The third kappa shape index (κ3) is 3.30. The molecule has 0 spiro atoms. The second kappa shape index (κ2) is 5.10. The van der Waals surface area contributed by atoms with Crippen LogP contribution >= 0.6 is 0 Å². The maximum atomic E-state index is 11.4. The average Bonchev–Trinajstić information content (AvgIpc) is 2.73. The second-order valence-electron chi connectivity index (χ2n) is 3.38. The maximum absolute atomic E-state index is 11.4. The molecule has 1 aromatic heterocycles. The molecule has 2 amide bonds. The summed E-state index contributed by atoms with van der Waals surface area (Å²) in [4.78, 5) is 22.4. The predicted octanol–water partition coefficient (Wildman–Crippen LogP) is 1.14. The minimum Gasteiger partial charge on any atom is -0.400 e. The van der Waals surface area contributed by atoms with Gasteiger partial charge in [0.1, 0.15) is 4.92 Å². The van der Waals surface area contributed by atoms with E-state index in [2.05, 4.69) is 5.10 Å². The van der Waals surface area contributed by atoms with E-state index in [0.29, 0.717) is 0 Å². The van der Waals surface area contributed by atoms with Gasteiger partial charge in [0.2, 0.25) is 0 Å². The van der Waals surface area contributed by atoms with Crippen LogP contribution in [0.25, 0.3) is 0 Å². The second-order valence-corrected chi connectivity index (χ2v) is 3.38. The van der Waals surface area contributed by atoms with E-state index in [1.165, 1.54) is 30.3 Å². The summed E-state index contributed by atoms with van der Waals surface area (Å²) < 4.78 is 4.84. The van der Waals surface area contributed by atoms with E-state index in [1.54, 1.807) is 14.1 Å². The molecular formula is C9H12N4O4. The van der Waals surface area contributed by atoms with Gasteiger partial charge in [-0.3, -0.25) is 10.1 Å². The number of nitrogens with zero attached hydrogens (tertiary/aromatic N) is 4. The topological polar surface area (TPSA) is 92.2 Å². The molecule has 0 N–H and O–H groups in total. The molecule has 0 aliphatic heterocycles. The highest BCUT2D eigenvalue weighted by atomic mass is 16.6.